The standard InChI is InChI=1S/C19H19ClN2O3/c1-23-22-10-11-24-19-9-6-14(12-21-19)13-25-18-8-7-17(20)15-4-2-3-5-16(15)18/h2-9,12,22H,10-11,13H2,1H3. The van der Waals surface area contributed by atoms with Crippen molar-refractivity contribution in [2.75, 3.05) is 20.3 Å². The van der Waals surface area contributed by atoms with Crippen LogP contribution in [0.4, 0.5) is 0 Å². The smallest absolute Gasteiger partial charge is 0.213 e. The van der Waals surface area contributed by atoms with Gasteiger partial charge in [0.15, 0.2) is 0 Å². The largest absolute Gasteiger partial charge is 0.488 e. The Labute approximate surface area is 151 Å². The first-order chi connectivity index (χ1) is 12.3. The molecular weight excluding hydrogens is 340 g/mol. The lowest BCUT2D eigenvalue weighted by atomic mass is 10.1. The van der Waals surface area contributed by atoms with Crippen molar-refractivity contribution in [1.29, 1.82) is 0 Å². The lowest BCUT2D eigenvalue weighted by molar-refractivity contribution is 0.0802. The number of nitrogens with one attached hydrogen (secondary N) is 1. The van der Waals surface area contributed by atoms with Crippen LogP contribution in [0, 0.1) is 0 Å². The molecule has 130 valence electrons. The van der Waals surface area contributed by atoms with E-state index >= 15 is 0 Å². The topological polar surface area (TPSA) is 52.6 Å². The van der Waals surface area contributed by atoms with Gasteiger partial charge < -0.3 is 14.3 Å². The van der Waals surface area contributed by atoms with Crippen LogP contribution in [0.2, 0.25) is 5.02 Å². The maximum atomic E-state index is 6.23. The third-order valence-corrected chi connectivity index (χ3v) is 3.95. The zero-order chi connectivity index (χ0) is 17.5. The first-order valence-corrected chi connectivity index (χ1v) is 8.29. The summed E-state index contributed by atoms with van der Waals surface area (Å²) in [5.41, 5.74) is 3.66. The van der Waals surface area contributed by atoms with Crippen molar-refractivity contribution < 1.29 is 14.3 Å². The predicted molar refractivity (Wildman–Crippen MR) is 98.0 cm³/mol. The quantitative estimate of drug-likeness (QED) is 0.487. The van der Waals surface area contributed by atoms with Gasteiger partial charge in [0.1, 0.15) is 19.0 Å². The summed E-state index contributed by atoms with van der Waals surface area (Å²) in [6.07, 6.45) is 1.75. The highest BCUT2D eigenvalue weighted by molar-refractivity contribution is 6.35. The van der Waals surface area contributed by atoms with Gasteiger partial charge >= 0.3 is 0 Å². The predicted octanol–water partition coefficient (Wildman–Crippen LogP) is 4.00. The first-order valence-electron chi connectivity index (χ1n) is 7.91. The third kappa shape index (κ3) is 4.60. The Kier molecular flexibility index (Phi) is 6.06. The minimum Gasteiger partial charge on any atom is -0.488 e. The number of benzene rings is 2. The van der Waals surface area contributed by atoms with Gasteiger partial charge in [0.2, 0.25) is 5.88 Å². The summed E-state index contributed by atoms with van der Waals surface area (Å²) in [6.45, 7) is 1.49. The van der Waals surface area contributed by atoms with Crippen LogP contribution in [0.5, 0.6) is 11.6 Å². The van der Waals surface area contributed by atoms with Crippen LogP contribution >= 0.6 is 11.6 Å². The molecule has 1 aromatic heterocycles. The monoisotopic (exact) mass is 358 g/mol. The van der Waals surface area contributed by atoms with E-state index in [4.69, 9.17) is 25.9 Å². The van der Waals surface area contributed by atoms with E-state index in [2.05, 4.69) is 10.5 Å². The summed E-state index contributed by atoms with van der Waals surface area (Å²) in [4.78, 5) is 9.01. The Balaban J connectivity index is 1.61. The van der Waals surface area contributed by atoms with Gasteiger partial charge in [0, 0.05) is 33.6 Å². The number of fused-ring (bicyclic) bond motifs is 1. The molecule has 0 fully saturated rings. The Hall–Kier alpha value is -2.34. The van der Waals surface area contributed by atoms with Crippen LogP contribution in [-0.4, -0.2) is 25.2 Å². The minimum absolute atomic E-state index is 0.421. The second-order valence-corrected chi connectivity index (χ2v) is 5.74. The Bertz CT molecular complexity index is 825. The summed E-state index contributed by atoms with van der Waals surface area (Å²) in [6, 6.07) is 15.4. The van der Waals surface area contributed by atoms with Crippen molar-refractivity contribution >= 4 is 22.4 Å². The number of rotatable bonds is 8. The maximum absolute atomic E-state index is 6.23. The minimum atomic E-state index is 0.421. The van der Waals surface area contributed by atoms with Gasteiger partial charge in [-0.05, 0) is 18.2 Å². The molecule has 0 radical (unpaired) electrons. The number of aromatic nitrogens is 1. The number of hydroxylamine groups is 1. The molecule has 0 saturated carbocycles. The van der Waals surface area contributed by atoms with Crippen LogP contribution in [-0.2, 0) is 11.4 Å². The molecule has 0 bridgehead atoms. The number of hydrogen-bond acceptors (Lipinski definition) is 5. The van der Waals surface area contributed by atoms with Gasteiger partial charge in [-0.15, -0.1) is 0 Å². The van der Waals surface area contributed by atoms with Gasteiger partial charge in [-0.2, -0.15) is 5.48 Å². The zero-order valence-electron chi connectivity index (χ0n) is 13.9. The average Bonchev–Trinajstić information content (AvgIpc) is 2.66. The van der Waals surface area contributed by atoms with Gasteiger partial charge in [0.25, 0.3) is 0 Å². The molecule has 1 N–H and O–H groups in total. The van der Waals surface area contributed by atoms with Gasteiger partial charge in [0.05, 0.1) is 13.7 Å². The summed E-state index contributed by atoms with van der Waals surface area (Å²) >= 11 is 6.23. The maximum Gasteiger partial charge on any atom is 0.213 e. The fourth-order valence-electron chi connectivity index (χ4n) is 2.40. The van der Waals surface area contributed by atoms with Gasteiger partial charge in [-0.1, -0.05) is 35.9 Å². The van der Waals surface area contributed by atoms with Crippen molar-refractivity contribution in [3.05, 3.63) is 65.3 Å². The molecule has 3 rings (SSSR count). The molecule has 25 heavy (non-hydrogen) atoms. The van der Waals surface area contributed by atoms with Gasteiger partial charge in [-0.3, -0.25) is 0 Å². The second kappa shape index (κ2) is 8.67. The second-order valence-electron chi connectivity index (χ2n) is 5.33. The van der Waals surface area contributed by atoms with E-state index in [0.717, 1.165) is 22.1 Å². The first kappa shape index (κ1) is 17.5. The number of pyridine rings is 1. The number of hydrogen-bond donors (Lipinski definition) is 1. The highest BCUT2D eigenvalue weighted by atomic mass is 35.5. The molecule has 0 amide bonds. The van der Waals surface area contributed by atoms with Crippen molar-refractivity contribution in [1.82, 2.24) is 10.5 Å². The van der Waals surface area contributed by atoms with Crippen LogP contribution in [0.15, 0.2) is 54.7 Å². The molecule has 3 aromatic rings. The van der Waals surface area contributed by atoms with E-state index in [-0.39, 0.29) is 0 Å². The fourth-order valence-corrected chi connectivity index (χ4v) is 2.63. The van der Waals surface area contributed by atoms with Crippen LogP contribution in [0.25, 0.3) is 10.8 Å². The third-order valence-electron chi connectivity index (χ3n) is 3.62. The summed E-state index contributed by atoms with van der Waals surface area (Å²) in [7, 11) is 1.57. The van der Waals surface area contributed by atoms with Crippen LogP contribution in [0.1, 0.15) is 5.56 Å². The van der Waals surface area contributed by atoms with E-state index in [9.17, 15) is 0 Å². The molecule has 0 aliphatic heterocycles. The van der Waals surface area contributed by atoms with Crippen molar-refractivity contribution in [2.24, 2.45) is 0 Å². The average molecular weight is 359 g/mol. The van der Waals surface area contributed by atoms with Crippen LogP contribution < -0.4 is 15.0 Å². The lowest BCUT2D eigenvalue weighted by Gasteiger charge is -2.11. The van der Waals surface area contributed by atoms with E-state index in [1.165, 1.54) is 0 Å². The molecule has 0 aliphatic carbocycles. The zero-order valence-corrected chi connectivity index (χ0v) is 14.6. The normalized spacial score (nSPS) is 10.8. The molecule has 5 nitrogen and oxygen atoms in total. The number of halogens is 1. The number of ether oxygens (including phenoxy) is 2. The summed E-state index contributed by atoms with van der Waals surface area (Å²) in [5.74, 6) is 1.37. The molecule has 6 heteroatoms. The van der Waals surface area contributed by atoms with Crippen molar-refractivity contribution in [2.45, 2.75) is 6.61 Å². The SMILES string of the molecule is CONCCOc1ccc(COc2ccc(Cl)c3ccccc23)cn1. The van der Waals surface area contributed by atoms with E-state index in [0.29, 0.717) is 30.7 Å². The van der Waals surface area contributed by atoms with Crippen molar-refractivity contribution in [3.63, 3.8) is 0 Å². The summed E-state index contributed by atoms with van der Waals surface area (Å²) < 4.78 is 11.4. The molecule has 2 aromatic carbocycles. The van der Waals surface area contributed by atoms with Gasteiger partial charge in [-0.25, -0.2) is 4.98 Å². The molecule has 0 unspecified atom stereocenters. The fraction of sp³-hybridized carbons (Fsp3) is 0.211. The van der Waals surface area contributed by atoms with E-state index < -0.39 is 0 Å². The van der Waals surface area contributed by atoms with E-state index in [1.54, 1.807) is 13.3 Å². The Morgan fingerprint density at radius 1 is 1.00 bits per heavy atom. The molecule has 0 atom stereocenters. The van der Waals surface area contributed by atoms with E-state index in [1.807, 2.05) is 48.5 Å². The molecule has 0 spiro atoms. The highest BCUT2D eigenvalue weighted by Gasteiger charge is 2.06. The lowest BCUT2D eigenvalue weighted by Crippen LogP contribution is -2.19. The molecule has 1 heterocycles. The summed E-state index contributed by atoms with van der Waals surface area (Å²) in [5, 5.41) is 2.69. The number of nitrogens with zero attached hydrogens (tertiary/aromatic N) is 1. The molecule has 0 saturated heterocycles. The van der Waals surface area contributed by atoms with Crippen molar-refractivity contribution in [3.8, 4) is 11.6 Å². The molecular formula is C19H19ClN2O3. The highest BCUT2D eigenvalue weighted by Crippen LogP contribution is 2.31. The van der Waals surface area contributed by atoms with Crippen LogP contribution in [0.3, 0.4) is 0 Å². The Morgan fingerprint density at radius 3 is 2.60 bits per heavy atom. The molecule has 0 aliphatic rings. The Morgan fingerprint density at radius 2 is 1.84 bits per heavy atom.